The average molecular weight is 274 g/mol. The quantitative estimate of drug-likeness (QED) is 0.797. The molecule has 0 radical (unpaired) electrons. The van der Waals surface area contributed by atoms with E-state index < -0.39 is 0 Å². The first-order chi connectivity index (χ1) is 9.13. The van der Waals surface area contributed by atoms with Gasteiger partial charge in [0.05, 0.1) is 11.8 Å². The van der Waals surface area contributed by atoms with Crippen LogP contribution >= 0.6 is 11.3 Å². The van der Waals surface area contributed by atoms with Gasteiger partial charge in [0, 0.05) is 10.9 Å². The molecule has 0 aliphatic heterocycles. The second-order valence-corrected chi connectivity index (χ2v) is 5.31. The zero-order chi connectivity index (χ0) is 13.4. The van der Waals surface area contributed by atoms with Crippen molar-refractivity contribution in [2.45, 2.75) is 20.0 Å². The Kier molecular flexibility index (Phi) is 2.87. The molecule has 0 unspecified atom stereocenters. The van der Waals surface area contributed by atoms with Crippen LogP contribution in [-0.2, 0) is 0 Å². The maximum Gasteiger partial charge on any atom is 0.241 e. The van der Waals surface area contributed by atoms with Crippen molar-refractivity contribution in [3.63, 3.8) is 0 Å². The molecule has 19 heavy (non-hydrogen) atoms. The second kappa shape index (κ2) is 4.55. The first-order valence-corrected chi connectivity index (χ1v) is 6.88. The lowest BCUT2D eigenvalue weighted by Gasteiger charge is -2.09. The summed E-state index contributed by atoms with van der Waals surface area (Å²) < 4.78 is 7.39. The van der Waals surface area contributed by atoms with Crippen molar-refractivity contribution in [1.82, 2.24) is 14.6 Å². The van der Waals surface area contributed by atoms with Gasteiger partial charge in [-0.15, -0.1) is 16.4 Å². The summed E-state index contributed by atoms with van der Waals surface area (Å²) in [5.41, 5.74) is 7.65. The predicted octanol–water partition coefficient (Wildman–Crippen LogP) is 2.83. The molecule has 1 aromatic carbocycles. The highest BCUT2D eigenvalue weighted by Gasteiger charge is 2.10. The Morgan fingerprint density at radius 2 is 2.00 bits per heavy atom. The van der Waals surface area contributed by atoms with Gasteiger partial charge >= 0.3 is 0 Å². The van der Waals surface area contributed by atoms with E-state index in [-0.39, 0.29) is 6.10 Å². The van der Waals surface area contributed by atoms with Crippen molar-refractivity contribution in [3.05, 3.63) is 29.6 Å². The number of nitrogens with two attached hydrogens (primary N) is 1. The minimum absolute atomic E-state index is 0.175. The van der Waals surface area contributed by atoms with Crippen molar-refractivity contribution in [2.24, 2.45) is 0 Å². The first kappa shape index (κ1) is 12.0. The zero-order valence-electron chi connectivity index (χ0n) is 10.7. The molecule has 0 fully saturated rings. The fourth-order valence-electron chi connectivity index (χ4n) is 1.87. The number of aromatic nitrogens is 3. The fraction of sp³-hybridized carbons (Fsp3) is 0.231. The summed E-state index contributed by atoms with van der Waals surface area (Å²) in [7, 11) is 0. The number of hydrogen-bond donors (Lipinski definition) is 1. The summed E-state index contributed by atoms with van der Waals surface area (Å²) in [5, 5.41) is 6.20. The van der Waals surface area contributed by atoms with E-state index in [1.807, 2.05) is 43.5 Å². The monoisotopic (exact) mass is 274 g/mol. The average Bonchev–Trinajstić information content (AvgIpc) is 2.88. The third-order valence-corrected chi connectivity index (χ3v) is 3.44. The van der Waals surface area contributed by atoms with E-state index in [9.17, 15) is 0 Å². The van der Waals surface area contributed by atoms with Crippen LogP contribution in [0, 0.1) is 0 Å². The highest BCUT2D eigenvalue weighted by molar-refractivity contribution is 7.15. The maximum atomic E-state index is 5.63. The molecule has 2 heterocycles. The molecule has 3 rings (SSSR count). The molecule has 0 atom stereocenters. The fourth-order valence-corrected chi connectivity index (χ4v) is 2.71. The van der Waals surface area contributed by atoms with Gasteiger partial charge in [-0.3, -0.25) is 0 Å². The van der Waals surface area contributed by atoms with Gasteiger partial charge in [-0.2, -0.15) is 4.98 Å². The molecule has 0 aliphatic rings. The van der Waals surface area contributed by atoms with Crippen LogP contribution in [-0.4, -0.2) is 20.7 Å². The van der Waals surface area contributed by atoms with Crippen LogP contribution in [0.3, 0.4) is 0 Å². The van der Waals surface area contributed by atoms with E-state index >= 15 is 0 Å². The molecule has 0 saturated heterocycles. The summed E-state index contributed by atoms with van der Waals surface area (Å²) >= 11 is 1.52. The molecule has 0 amide bonds. The summed E-state index contributed by atoms with van der Waals surface area (Å²) in [6.45, 7) is 4.02. The molecule has 5 nitrogen and oxygen atoms in total. The van der Waals surface area contributed by atoms with E-state index in [0.29, 0.717) is 5.95 Å². The minimum atomic E-state index is 0.175. The minimum Gasteiger partial charge on any atom is -0.491 e. The van der Waals surface area contributed by atoms with E-state index in [4.69, 9.17) is 10.5 Å². The van der Waals surface area contributed by atoms with Gasteiger partial charge in [-0.1, -0.05) is 0 Å². The molecular weight excluding hydrogens is 260 g/mol. The Balaban J connectivity index is 1.97. The van der Waals surface area contributed by atoms with Crippen LogP contribution in [0.2, 0.25) is 0 Å². The second-order valence-electron chi connectivity index (χ2n) is 4.48. The third kappa shape index (κ3) is 2.26. The van der Waals surface area contributed by atoms with Crippen LogP contribution < -0.4 is 10.5 Å². The lowest BCUT2D eigenvalue weighted by Crippen LogP contribution is -2.05. The van der Waals surface area contributed by atoms with Gasteiger partial charge in [-0.25, -0.2) is 4.52 Å². The van der Waals surface area contributed by atoms with Crippen molar-refractivity contribution in [1.29, 1.82) is 0 Å². The smallest absolute Gasteiger partial charge is 0.241 e. The number of fused-ring (bicyclic) bond motifs is 1. The molecule has 0 bridgehead atoms. The number of ether oxygens (including phenoxy) is 1. The van der Waals surface area contributed by atoms with Crippen LogP contribution in [0.5, 0.6) is 5.75 Å². The van der Waals surface area contributed by atoms with Crippen LogP contribution in [0.4, 0.5) is 5.95 Å². The Bertz CT molecular complexity index is 699. The molecule has 2 aromatic heterocycles. The van der Waals surface area contributed by atoms with E-state index in [0.717, 1.165) is 22.0 Å². The molecule has 3 aromatic rings. The lowest BCUT2D eigenvalue weighted by atomic mass is 10.2. The van der Waals surface area contributed by atoms with Crippen LogP contribution in [0.1, 0.15) is 13.8 Å². The van der Waals surface area contributed by atoms with Gasteiger partial charge in [0.2, 0.25) is 10.9 Å². The Labute approximate surface area is 114 Å². The highest BCUT2D eigenvalue weighted by Crippen LogP contribution is 2.27. The molecular formula is C13H14N4OS. The third-order valence-electron chi connectivity index (χ3n) is 2.62. The predicted molar refractivity (Wildman–Crippen MR) is 76.5 cm³/mol. The number of thiazole rings is 1. The normalized spacial score (nSPS) is 11.3. The summed E-state index contributed by atoms with van der Waals surface area (Å²) in [4.78, 5) is 4.94. The number of hydrogen-bond acceptors (Lipinski definition) is 5. The maximum absolute atomic E-state index is 5.63. The molecule has 0 spiro atoms. The Morgan fingerprint density at radius 3 is 2.68 bits per heavy atom. The highest BCUT2D eigenvalue weighted by atomic mass is 32.1. The summed E-state index contributed by atoms with van der Waals surface area (Å²) in [6, 6.07) is 7.94. The van der Waals surface area contributed by atoms with Gasteiger partial charge < -0.3 is 10.5 Å². The topological polar surface area (TPSA) is 65.4 Å². The molecule has 0 aliphatic carbocycles. The largest absolute Gasteiger partial charge is 0.491 e. The van der Waals surface area contributed by atoms with E-state index in [2.05, 4.69) is 10.1 Å². The Morgan fingerprint density at radius 1 is 1.26 bits per heavy atom. The SMILES string of the molecule is CC(C)Oc1ccc(-c2csc3nc(N)nn23)cc1. The number of nitrogen functional groups attached to an aromatic ring is 1. The van der Waals surface area contributed by atoms with Gasteiger partial charge in [0.15, 0.2) is 0 Å². The van der Waals surface area contributed by atoms with Gasteiger partial charge in [0.1, 0.15) is 5.75 Å². The van der Waals surface area contributed by atoms with Crippen LogP contribution in [0.25, 0.3) is 16.2 Å². The van der Waals surface area contributed by atoms with Crippen molar-refractivity contribution in [3.8, 4) is 17.0 Å². The number of anilines is 1. The number of benzene rings is 1. The molecule has 98 valence electrons. The van der Waals surface area contributed by atoms with Crippen molar-refractivity contribution < 1.29 is 4.74 Å². The number of nitrogens with zero attached hydrogens (tertiary/aromatic N) is 3. The Hall–Kier alpha value is -2.08. The van der Waals surface area contributed by atoms with Gasteiger partial charge in [-0.05, 0) is 38.1 Å². The van der Waals surface area contributed by atoms with Crippen molar-refractivity contribution in [2.75, 3.05) is 5.73 Å². The van der Waals surface area contributed by atoms with Crippen LogP contribution in [0.15, 0.2) is 29.6 Å². The van der Waals surface area contributed by atoms with Crippen molar-refractivity contribution >= 4 is 22.2 Å². The van der Waals surface area contributed by atoms with E-state index in [1.54, 1.807) is 4.52 Å². The summed E-state index contributed by atoms with van der Waals surface area (Å²) in [5.74, 6) is 1.16. The summed E-state index contributed by atoms with van der Waals surface area (Å²) in [6.07, 6.45) is 0.175. The van der Waals surface area contributed by atoms with Gasteiger partial charge in [0.25, 0.3) is 0 Å². The standard InChI is InChI=1S/C13H14N4OS/c1-8(2)18-10-5-3-9(4-6-10)11-7-19-13-15-12(14)16-17(11)13/h3-8H,1-2H3,(H2,14,16). The first-order valence-electron chi connectivity index (χ1n) is 6.00. The zero-order valence-corrected chi connectivity index (χ0v) is 11.5. The molecule has 0 saturated carbocycles. The lowest BCUT2D eigenvalue weighted by molar-refractivity contribution is 0.242. The van der Waals surface area contributed by atoms with E-state index in [1.165, 1.54) is 11.3 Å². The number of rotatable bonds is 3. The molecule has 6 heteroatoms. The molecule has 2 N–H and O–H groups in total.